The molecule has 0 spiro atoms. The number of rotatable bonds is 6. The molecule has 1 aliphatic carbocycles. The van der Waals surface area contributed by atoms with Crippen molar-refractivity contribution in [1.82, 2.24) is 10.7 Å². The number of hydrogen-bond donors (Lipinski definition) is 2. The number of nitrogens with zero attached hydrogens (tertiary/aromatic N) is 1. The van der Waals surface area contributed by atoms with Gasteiger partial charge in [-0.25, -0.2) is 0 Å². The highest BCUT2D eigenvalue weighted by molar-refractivity contribution is 7.80. The van der Waals surface area contributed by atoms with E-state index >= 15 is 0 Å². The van der Waals surface area contributed by atoms with Crippen LogP contribution in [0.15, 0.2) is 17.2 Å². The molecule has 0 bridgehead atoms. The fourth-order valence-electron chi connectivity index (χ4n) is 3.12. The maximum atomic E-state index is 11.3. The van der Waals surface area contributed by atoms with Crippen molar-refractivity contribution in [2.24, 2.45) is 11.0 Å². The Morgan fingerprint density at radius 1 is 1.22 bits per heavy atom. The van der Waals surface area contributed by atoms with Crippen LogP contribution in [-0.4, -0.2) is 37.6 Å². The van der Waals surface area contributed by atoms with Gasteiger partial charge in [-0.2, -0.15) is 5.10 Å². The van der Waals surface area contributed by atoms with E-state index in [-0.39, 0.29) is 5.75 Å². The second-order valence-electron chi connectivity index (χ2n) is 6.56. The highest BCUT2D eigenvalue weighted by atomic mass is 32.1. The molecule has 0 aromatic heterocycles. The van der Waals surface area contributed by atoms with E-state index in [1.165, 1.54) is 40.4 Å². The summed E-state index contributed by atoms with van der Waals surface area (Å²) in [6, 6.07) is 3.79. The molecule has 1 aromatic carbocycles. The fraction of sp³-hybridized carbons (Fsp3) is 0.526. The summed E-state index contributed by atoms with van der Waals surface area (Å²) in [5, 5.41) is 8.01. The van der Waals surface area contributed by atoms with Crippen LogP contribution in [-0.2, 0) is 4.79 Å². The van der Waals surface area contributed by atoms with Gasteiger partial charge < -0.3 is 19.5 Å². The molecule has 0 radical (unpaired) electrons. The molecule has 1 aliphatic rings. The van der Waals surface area contributed by atoms with Crippen LogP contribution >= 0.6 is 12.2 Å². The molecule has 1 fully saturated rings. The van der Waals surface area contributed by atoms with Gasteiger partial charge in [-0.15, -0.1) is 0 Å². The number of hydrazone groups is 1. The maximum absolute atomic E-state index is 11.3. The number of carbonyl (C=O) groups is 1. The zero-order chi connectivity index (χ0) is 19.8. The first-order chi connectivity index (χ1) is 12.9. The third-order valence-corrected chi connectivity index (χ3v) is 4.75. The molecule has 2 N–H and O–H groups in total. The van der Waals surface area contributed by atoms with E-state index in [0.29, 0.717) is 34.1 Å². The van der Waals surface area contributed by atoms with E-state index in [9.17, 15) is 4.79 Å². The van der Waals surface area contributed by atoms with Crippen molar-refractivity contribution < 1.29 is 19.0 Å². The Kier molecular flexibility index (Phi) is 7.84. The molecule has 0 heterocycles. The molecule has 2 rings (SSSR count). The largest absolute Gasteiger partial charge is 0.493 e. The third kappa shape index (κ3) is 6.09. The van der Waals surface area contributed by atoms with Crippen molar-refractivity contribution in [3.05, 3.63) is 17.7 Å². The van der Waals surface area contributed by atoms with Crippen molar-refractivity contribution >= 4 is 29.5 Å². The molecule has 148 valence electrons. The monoisotopic (exact) mass is 393 g/mol. The van der Waals surface area contributed by atoms with Gasteiger partial charge in [0.2, 0.25) is 5.75 Å². The second-order valence-corrected chi connectivity index (χ2v) is 6.97. The van der Waals surface area contributed by atoms with Crippen molar-refractivity contribution in [3.8, 4) is 17.2 Å². The molecule has 0 unspecified atom stereocenters. The van der Waals surface area contributed by atoms with E-state index in [0.717, 1.165) is 6.42 Å². The molecule has 1 saturated carbocycles. The summed E-state index contributed by atoms with van der Waals surface area (Å²) in [5.41, 5.74) is 3.55. The fourth-order valence-corrected chi connectivity index (χ4v) is 3.32. The molecular weight excluding hydrogens is 366 g/mol. The first-order valence-corrected chi connectivity index (χ1v) is 9.39. The Morgan fingerprint density at radius 2 is 1.85 bits per heavy atom. The number of hydrogen-bond acceptors (Lipinski definition) is 6. The zero-order valence-electron chi connectivity index (χ0n) is 16.2. The van der Waals surface area contributed by atoms with Crippen LogP contribution < -0.4 is 25.0 Å². The summed E-state index contributed by atoms with van der Waals surface area (Å²) in [4.78, 5) is 11.3. The Morgan fingerprint density at radius 3 is 2.41 bits per heavy atom. The molecule has 1 aromatic rings. The number of benzene rings is 1. The summed E-state index contributed by atoms with van der Waals surface area (Å²) >= 11 is 5.33. The molecule has 2 atom stereocenters. The van der Waals surface area contributed by atoms with E-state index in [2.05, 4.69) is 22.8 Å². The number of ether oxygens (including phenoxy) is 3. The van der Waals surface area contributed by atoms with Crippen molar-refractivity contribution in [2.75, 3.05) is 14.2 Å². The average Bonchev–Trinajstić information content (AvgIpc) is 2.64. The lowest BCUT2D eigenvalue weighted by Gasteiger charge is -2.30. The predicted octanol–water partition coefficient (Wildman–Crippen LogP) is 3.01. The highest BCUT2D eigenvalue weighted by Crippen LogP contribution is 2.38. The minimum Gasteiger partial charge on any atom is -0.493 e. The minimum atomic E-state index is -0.456. The number of nitrogens with one attached hydrogen (secondary N) is 2. The van der Waals surface area contributed by atoms with Crippen molar-refractivity contribution in [2.45, 2.75) is 45.6 Å². The summed E-state index contributed by atoms with van der Waals surface area (Å²) < 4.78 is 15.8. The smallest absolute Gasteiger partial charge is 0.308 e. The minimum absolute atomic E-state index is 0.237. The summed E-state index contributed by atoms with van der Waals surface area (Å²) in [6.45, 7) is 3.56. The van der Waals surface area contributed by atoms with Gasteiger partial charge in [-0.05, 0) is 43.1 Å². The van der Waals surface area contributed by atoms with Crippen LogP contribution in [0.25, 0.3) is 0 Å². The molecule has 27 heavy (non-hydrogen) atoms. The topological polar surface area (TPSA) is 81.2 Å². The Hall–Kier alpha value is -2.35. The zero-order valence-corrected chi connectivity index (χ0v) is 17.0. The van der Waals surface area contributed by atoms with Gasteiger partial charge in [0.1, 0.15) is 0 Å². The highest BCUT2D eigenvalue weighted by Gasteiger charge is 2.21. The van der Waals surface area contributed by atoms with Crippen molar-refractivity contribution in [3.63, 3.8) is 0 Å². The van der Waals surface area contributed by atoms with Crippen LogP contribution in [0.1, 0.15) is 45.1 Å². The summed E-state index contributed by atoms with van der Waals surface area (Å²) in [5.74, 6) is 1.14. The molecule has 0 saturated heterocycles. The van der Waals surface area contributed by atoms with Crippen LogP contribution in [0.5, 0.6) is 17.2 Å². The molecular formula is C19H27N3O4S. The van der Waals surface area contributed by atoms with Gasteiger partial charge in [-0.3, -0.25) is 10.2 Å². The van der Waals surface area contributed by atoms with E-state index in [1.807, 2.05) is 0 Å². The summed E-state index contributed by atoms with van der Waals surface area (Å²) in [7, 11) is 2.98. The lowest BCUT2D eigenvalue weighted by atomic mass is 9.86. The predicted molar refractivity (Wildman–Crippen MR) is 109 cm³/mol. The van der Waals surface area contributed by atoms with Crippen LogP contribution in [0.4, 0.5) is 0 Å². The van der Waals surface area contributed by atoms with Crippen LogP contribution in [0.2, 0.25) is 0 Å². The third-order valence-electron chi connectivity index (χ3n) is 4.54. The standard InChI is InChI=1S/C19H27N3O4S/c1-12-7-5-6-8-15(12)21-19(27)22-20-11-14-9-16(24-3)18(26-13(2)23)17(10-14)25-4/h9-12,15H,5-8H2,1-4H3,(H2,21,22,27)/b20-11-/t12-,15+/m0/s1. The van der Waals surface area contributed by atoms with Gasteiger partial charge in [0.25, 0.3) is 0 Å². The Labute approximate surface area is 165 Å². The van der Waals surface area contributed by atoms with E-state index < -0.39 is 5.97 Å². The van der Waals surface area contributed by atoms with Gasteiger partial charge in [0.05, 0.1) is 20.4 Å². The first kappa shape index (κ1) is 21.0. The Balaban J connectivity index is 2.03. The van der Waals surface area contributed by atoms with Gasteiger partial charge in [0.15, 0.2) is 16.6 Å². The maximum Gasteiger partial charge on any atom is 0.308 e. The summed E-state index contributed by atoms with van der Waals surface area (Å²) in [6.07, 6.45) is 6.45. The van der Waals surface area contributed by atoms with E-state index in [4.69, 9.17) is 26.4 Å². The number of esters is 1. The second kappa shape index (κ2) is 10.1. The van der Waals surface area contributed by atoms with Crippen molar-refractivity contribution in [1.29, 1.82) is 0 Å². The number of methoxy groups -OCH3 is 2. The lowest BCUT2D eigenvalue weighted by Crippen LogP contribution is -2.44. The lowest BCUT2D eigenvalue weighted by molar-refractivity contribution is -0.132. The quantitative estimate of drug-likeness (QED) is 0.253. The van der Waals surface area contributed by atoms with Gasteiger partial charge in [0, 0.05) is 18.5 Å². The number of carbonyl (C=O) groups excluding carboxylic acids is 1. The molecule has 0 aliphatic heterocycles. The molecule has 7 nitrogen and oxygen atoms in total. The van der Waals surface area contributed by atoms with Crippen LogP contribution in [0.3, 0.4) is 0 Å². The van der Waals surface area contributed by atoms with Gasteiger partial charge in [-0.1, -0.05) is 19.8 Å². The average molecular weight is 394 g/mol. The molecule has 0 amide bonds. The van der Waals surface area contributed by atoms with Gasteiger partial charge >= 0.3 is 5.97 Å². The molecule has 8 heteroatoms. The number of thiocarbonyl (C=S) groups is 1. The van der Waals surface area contributed by atoms with Crippen LogP contribution in [0, 0.1) is 5.92 Å². The van der Waals surface area contributed by atoms with E-state index in [1.54, 1.807) is 18.3 Å². The Bertz CT molecular complexity index is 683. The SMILES string of the molecule is COc1cc(/C=N\NC(=S)N[C@@H]2CCCC[C@@H]2C)cc(OC)c1OC(C)=O. The normalized spacial score (nSPS) is 19.4. The first-order valence-electron chi connectivity index (χ1n) is 8.98.